The van der Waals surface area contributed by atoms with E-state index in [9.17, 15) is 0 Å². The molecule has 0 heterocycles. The molecule has 0 atom stereocenters. The lowest BCUT2D eigenvalue weighted by Crippen LogP contribution is -2.24. The molecule has 2 nitrogen and oxygen atoms in total. The lowest BCUT2D eigenvalue weighted by Gasteiger charge is -2.24. The van der Waals surface area contributed by atoms with Gasteiger partial charge in [0.2, 0.25) is 0 Å². The molecule has 3 heteroatoms. The van der Waals surface area contributed by atoms with Gasteiger partial charge >= 0.3 is 0 Å². The van der Waals surface area contributed by atoms with Crippen LogP contribution in [0.2, 0.25) is 0 Å². The lowest BCUT2D eigenvalue weighted by molar-refractivity contribution is 1.53. The van der Waals surface area contributed by atoms with Crippen molar-refractivity contribution in [3.8, 4) is 0 Å². The van der Waals surface area contributed by atoms with Gasteiger partial charge in [0.15, 0.2) is 0 Å². The summed E-state index contributed by atoms with van der Waals surface area (Å²) in [5, 5.41) is 10.7. The molecular formula is C20H21N2P. The van der Waals surface area contributed by atoms with Crippen molar-refractivity contribution < 1.29 is 0 Å². The van der Waals surface area contributed by atoms with Gasteiger partial charge in [0, 0.05) is 36.1 Å². The first kappa shape index (κ1) is 15.6. The zero-order chi connectivity index (χ0) is 16.1. The molecule has 2 N–H and O–H groups in total. The van der Waals surface area contributed by atoms with Gasteiger partial charge in [0.05, 0.1) is 0 Å². The Bertz CT molecular complexity index is 724. The second-order valence-corrected chi connectivity index (χ2v) is 7.36. The maximum atomic E-state index is 3.35. The molecule has 3 aromatic rings. The quantitative estimate of drug-likeness (QED) is 0.703. The molecule has 0 saturated carbocycles. The molecule has 23 heavy (non-hydrogen) atoms. The molecule has 116 valence electrons. The molecule has 0 fully saturated rings. The zero-order valence-electron chi connectivity index (χ0n) is 13.5. The zero-order valence-corrected chi connectivity index (χ0v) is 14.3. The van der Waals surface area contributed by atoms with Crippen LogP contribution in [0, 0.1) is 0 Å². The normalized spacial score (nSPS) is 10.6. The van der Waals surface area contributed by atoms with Crippen LogP contribution in [0.25, 0.3) is 0 Å². The van der Waals surface area contributed by atoms with Crippen LogP contribution in [0.5, 0.6) is 0 Å². The van der Waals surface area contributed by atoms with E-state index in [1.165, 1.54) is 27.3 Å². The van der Waals surface area contributed by atoms with E-state index < -0.39 is 7.92 Å². The Morgan fingerprint density at radius 1 is 0.565 bits per heavy atom. The summed E-state index contributed by atoms with van der Waals surface area (Å²) in [6.45, 7) is 0. The topological polar surface area (TPSA) is 24.1 Å². The van der Waals surface area contributed by atoms with Crippen LogP contribution in [-0.2, 0) is 0 Å². The summed E-state index contributed by atoms with van der Waals surface area (Å²) in [6, 6.07) is 27.9. The molecule has 0 aliphatic carbocycles. The molecule has 3 rings (SSSR count). The Balaban J connectivity index is 2.23. The van der Waals surface area contributed by atoms with Gasteiger partial charge in [0.1, 0.15) is 0 Å². The van der Waals surface area contributed by atoms with Crippen LogP contribution >= 0.6 is 7.92 Å². The minimum Gasteiger partial charge on any atom is -0.388 e. The number of rotatable bonds is 5. The van der Waals surface area contributed by atoms with Gasteiger partial charge in [-0.1, -0.05) is 66.7 Å². The van der Waals surface area contributed by atoms with E-state index >= 15 is 0 Å². The van der Waals surface area contributed by atoms with Gasteiger partial charge in [-0.15, -0.1) is 0 Å². The fourth-order valence-corrected chi connectivity index (χ4v) is 5.36. The number of hydrogen-bond acceptors (Lipinski definition) is 2. The van der Waals surface area contributed by atoms with Crippen LogP contribution in [0.3, 0.4) is 0 Å². The van der Waals surface area contributed by atoms with Gasteiger partial charge < -0.3 is 10.6 Å². The summed E-state index contributed by atoms with van der Waals surface area (Å²) in [5.41, 5.74) is 2.38. The maximum absolute atomic E-state index is 3.35. The molecule has 3 aromatic carbocycles. The van der Waals surface area contributed by atoms with E-state index in [1.54, 1.807) is 0 Å². The van der Waals surface area contributed by atoms with E-state index in [1.807, 2.05) is 14.1 Å². The van der Waals surface area contributed by atoms with Crippen molar-refractivity contribution in [3.05, 3.63) is 78.9 Å². The van der Waals surface area contributed by atoms with Crippen molar-refractivity contribution in [1.29, 1.82) is 0 Å². The molecule has 0 amide bonds. The van der Waals surface area contributed by atoms with Crippen molar-refractivity contribution in [2.45, 2.75) is 0 Å². The molecule has 0 aliphatic heterocycles. The summed E-state index contributed by atoms with van der Waals surface area (Å²) in [5.74, 6) is 0. The molecular weight excluding hydrogens is 299 g/mol. The second kappa shape index (κ2) is 7.30. The third-order valence-electron chi connectivity index (χ3n) is 3.84. The highest BCUT2D eigenvalue weighted by Crippen LogP contribution is 2.37. The molecule has 0 saturated heterocycles. The van der Waals surface area contributed by atoms with Crippen LogP contribution < -0.4 is 26.5 Å². The van der Waals surface area contributed by atoms with Crippen LogP contribution in [0.1, 0.15) is 0 Å². The first-order valence-electron chi connectivity index (χ1n) is 7.74. The van der Waals surface area contributed by atoms with Gasteiger partial charge in [-0.3, -0.25) is 0 Å². The maximum Gasteiger partial charge on any atom is 0.0422 e. The summed E-state index contributed by atoms with van der Waals surface area (Å²) < 4.78 is 0. The van der Waals surface area contributed by atoms with Crippen molar-refractivity contribution in [3.63, 3.8) is 0 Å². The summed E-state index contributed by atoms with van der Waals surface area (Å²) in [4.78, 5) is 0. The number of para-hydroxylation sites is 2. The van der Waals surface area contributed by atoms with E-state index in [0.717, 1.165) is 0 Å². The Morgan fingerprint density at radius 3 is 1.48 bits per heavy atom. The summed E-state index contributed by atoms with van der Waals surface area (Å²) in [7, 11) is 3.35. The lowest BCUT2D eigenvalue weighted by atomic mass is 10.3. The third kappa shape index (κ3) is 3.23. The molecule has 0 aliphatic rings. The number of anilines is 2. The fraction of sp³-hybridized carbons (Fsp3) is 0.100. The average molecular weight is 320 g/mol. The predicted molar refractivity (Wildman–Crippen MR) is 104 cm³/mol. The van der Waals surface area contributed by atoms with Gasteiger partial charge in [-0.05, 0) is 25.4 Å². The molecule has 0 aromatic heterocycles. The average Bonchev–Trinajstić information content (AvgIpc) is 2.64. The minimum atomic E-state index is -0.624. The second-order valence-electron chi connectivity index (χ2n) is 5.21. The smallest absolute Gasteiger partial charge is 0.0422 e. The third-order valence-corrected chi connectivity index (χ3v) is 6.40. The van der Waals surface area contributed by atoms with E-state index in [0.29, 0.717) is 0 Å². The fourth-order valence-electron chi connectivity index (χ4n) is 2.75. The highest BCUT2D eigenvalue weighted by atomic mass is 31.1. The Labute approximate surface area is 139 Å². The van der Waals surface area contributed by atoms with Gasteiger partial charge in [-0.25, -0.2) is 0 Å². The monoisotopic (exact) mass is 320 g/mol. The van der Waals surface area contributed by atoms with Crippen molar-refractivity contribution in [2.75, 3.05) is 24.7 Å². The van der Waals surface area contributed by atoms with E-state index in [4.69, 9.17) is 0 Å². The van der Waals surface area contributed by atoms with E-state index in [-0.39, 0.29) is 0 Å². The largest absolute Gasteiger partial charge is 0.388 e. The van der Waals surface area contributed by atoms with Crippen molar-refractivity contribution in [1.82, 2.24) is 0 Å². The van der Waals surface area contributed by atoms with Gasteiger partial charge in [-0.2, -0.15) is 0 Å². The number of benzene rings is 3. The molecule has 0 unspecified atom stereocenters. The number of hydrogen-bond donors (Lipinski definition) is 2. The van der Waals surface area contributed by atoms with Gasteiger partial charge in [0.25, 0.3) is 0 Å². The van der Waals surface area contributed by atoms with Crippen molar-refractivity contribution >= 4 is 35.2 Å². The molecule has 0 radical (unpaired) electrons. The van der Waals surface area contributed by atoms with Crippen molar-refractivity contribution in [2.24, 2.45) is 0 Å². The van der Waals surface area contributed by atoms with Crippen LogP contribution in [-0.4, -0.2) is 14.1 Å². The van der Waals surface area contributed by atoms with E-state index in [2.05, 4.69) is 89.5 Å². The highest BCUT2D eigenvalue weighted by Gasteiger charge is 2.21. The molecule has 0 spiro atoms. The van der Waals surface area contributed by atoms with Crippen LogP contribution in [0.4, 0.5) is 11.4 Å². The SMILES string of the molecule is CNc1ccccc1P(c1ccccc1)c1ccccc1NC. The Hall–Kier alpha value is -2.31. The summed E-state index contributed by atoms with van der Waals surface area (Å²) in [6.07, 6.45) is 0. The molecule has 0 bridgehead atoms. The predicted octanol–water partition coefficient (Wildman–Crippen LogP) is 3.53. The minimum absolute atomic E-state index is 0.624. The highest BCUT2D eigenvalue weighted by molar-refractivity contribution is 7.80. The number of nitrogens with one attached hydrogen (secondary N) is 2. The Kier molecular flexibility index (Phi) is 4.95. The first-order valence-corrected chi connectivity index (χ1v) is 9.08. The standard InChI is InChI=1S/C20H21N2P/c1-21-17-12-6-8-14-19(17)23(16-10-4-3-5-11-16)20-15-9-7-13-18(20)22-2/h3-15,21-22H,1-2H3. The van der Waals surface area contributed by atoms with Crippen LogP contribution in [0.15, 0.2) is 78.9 Å². The first-order chi connectivity index (χ1) is 11.3. The summed E-state index contributed by atoms with van der Waals surface area (Å²) >= 11 is 0. The Morgan fingerprint density at radius 2 is 1.00 bits per heavy atom.